The van der Waals surface area contributed by atoms with Crippen molar-refractivity contribution >= 4 is 60.7 Å². The van der Waals surface area contributed by atoms with Crippen molar-refractivity contribution < 1.29 is 12.8 Å². The minimum Gasteiger partial charge on any atom is -0.338 e. The van der Waals surface area contributed by atoms with Gasteiger partial charge in [-0.1, -0.05) is 0 Å². The van der Waals surface area contributed by atoms with E-state index in [-0.39, 0.29) is 39.8 Å². The highest BCUT2D eigenvalue weighted by Crippen LogP contribution is 2.34. The second-order valence-electron chi connectivity index (χ2n) is 9.39. The predicted octanol–water partition coefficient (Wildman–Crippen LogP) is 3.74. The Kier molecular flexibility index (Phi) is 6.91. The molecule has 2 aromatic carbocycles. The predicted molar refractivity (Wildman–Crippen MR) is 158 cm³/mol. The van der Waals surface area contributed by atoms with E-state index in [4.69, 9.17) is 0 Å². The maximum Gasteiger partial charge on any atom is 0.336 e. The fourth-order valence-electron chi connectivity index (χ4n) is 4.50. The highest BCUT2D eigenvalue weighted by molar-refractivity contribution is 14.1. The third-order valence-electron chi connectivity index (χ3n) is 6.72. The maximum atomic E-state index is 14.8. The lowest BCUT2D eigenvalue weighted by Crippen LogP contribution is -2.41. The second kappa shape index (κ2) is 9.93. The van der Waals surface area contributed by atoms with Crippen LogP contribution in [0.4, 0.5) is 21.6 Å². The number of pyridine rings is 1. The summed E-state index contributed by atoms with van der Waals surface area (Å²) in [5.41, 5.74) is -0.695. The van der Waals surface area contributed by atoms with Crippen LogP contribution in [0.2, 0.25) is 0 Å². The van der Waals surface area contributed by atoms with E-state index in [0.717, 1.165) is 0 Å². The lowest BCUT2D eigenvalue weighted by atomic mass is 10.1. The van der Waals surface area contributed by atoms with Crippen LogP contribution in [0.5, 0.6) is 0 Å². The van der Waals surface area contributed by atoms with Gasteiger partial charge in [-0.25, -0.2) is 17.6 Å². The van der Waals surface area contributed by atoms with Gasteiger partial charge in [-0.05, 0) is 91.7 Å². The van der Waals surface area contributed by atoms with E-state index in [1.165, 1.54) is 58.9 Å². The Labute approximate surface area is 236 Å². The van der Waals surface area contributed by atoms with Gasteiger partial charge in [0.25, 0.3) is 11.1 Å². The Bertz CT molecular complexity index is 1930. The molecule has 0 spiro atoms. The number of nitrogens with zero attached hydrogens (tertiary/aromatic N) is 3. The zero-order valence-corrected chi connectivity index (χ0v) is 24.3. The molecule has 0 unspecified atom stereocenters. The van der Waals surface area contributed by atoms with Crippen LogP contribution in [0, 0.1) is 16.3 Å². The minimum absolute atomic E-state index is 0.0567. The molecule has 0 saturated heterocycles. The molecular weight excluding hydrogens is 640 g/mol. The fourth-order valence-corrected chi connectivity index (χ4v) is 5.60. The van der Waals surface area contributed by atoms with Crippen LogP contribution >= 0.6 is 22.6 Å². The van der Waals surface area contributed by atoms with Gasteiger partial charge in [-0.15, -0.1) is 0 Å². The molecule has 0 aliphatic heterocycles. The Morgan fingerprint density at radius 2 is 1.72 bits per heavy atom. The van der Waals surface area contributed by atoms with Gasteiger partial charge >= 0.3 is 5.69 Å². The minimum atomic E-state index is -3.51. The number of nitrogens with one attached hydrogen (secondary N) is 2. The van der Waals surface area contributed by atoms with Crippen molar-refractivity contribution in [3.05, 3.63) is 88.6 Å². The highest BCUT2D eigenvalue weighted by Gasteiger charge is 2.31. The summed E-state index contributed by atoms with van der Waals surface area (Å²) in [5.74, 6) is -0.616. The Hall–Kier alpha value is -3.46. The SMILES string of the molecule is CCS(=O)(=O)Nc1ccc(-n2c(=O)n(C3CC3)c(=O)c3c(Nc4ccc(I)cc4F)n(C)c(=O)c(C)c32)cc1. The number of fused-ring (bicyclic) bond motifs is 1. The maximum absolute atomic E-state index is 14.8. The van der Waals surface area contributed by atoms with Gasteiger partial charge < -0.3 is 5.32 Å². The largest absolute Gasteiger partial charge is 0.338 e. The summed E-state index contributed by atoms with van der Waals surface area (Å²) < 4.78 is 45.6. The molecule has 1 aliphatic carbocycles. The molecule has 0 amide bonds. The first-order valence-electron chi connectivity index (χ1n) is 12.2. The molecule has 5 rings (SSSR count). The summed E-state index contributed by atoms with van der Waals surface area (Å²) >= 11 is 1.98. The fraction of sp³-hybridized carbons (Fsp3) is 0.269. The average Bonchev–Trinajstić information content (AvgIpc) is 3.72. The summed E-state index contributed by atoms with van der Waals surface area (Å²) in [5, 5.41) is 2.99. The van der Waals surface area contributed by atoms with Crippen molar-refractivity contribution in [3.8, 4) is 5.69 Å². The number of rotatable bonds is 7. The van der Waals surface area contributed by atoms with E-state index < -0.39 is 32.6 Å². The van der Waals surface area contributed by atoms with Crippen LogP contribution in [0.15, 0.2) is 56.8 Å². The number of hydrogen-bond acceptors (Lipinski definition) is 6. The van der Waals surface area contributed by atoms with E-state index in [9.17, 15) is 27.2 Å². The van der Waals surface area contributed by atoms with E-state index in [1.54, 1.807) is 18.2 Å². The van der Waals surface area contributed by atoms with Gasteiger partial charge in [0.15, 0.2) is 0 Å². The quantitative estimate of drug-likeness (QED) is 0.290. The Morgan fingerprint density at radius 3 is 2.31 bits per heavy atom. The van der Waals surface area contributed by atoms with Crippen molar-refractivity contribution in [1.82, 2.24) is 13.7 Å². The first-order chi connectivity index (χ1) is 18.4. The molecule has 39 heavy (non-hydrogen) atoms. The Balaban J connectivity index is 1.82. The van der Waals surface area contributed by atoms with E-state index in [2.05, 4.69) is 10.0 Å². The molecule has 1 saturated carbocycles. The molecule has 2 N–H and O–H groups in total. The summed E-state index contributed by atoms with van der Waals surface area (Å²) in [6.07, 6.45) is 1.30. The normalized spacial score (nSPS) is 13.6. The first kappa shape index (κ1) is 27.1. The van der Waals surface area contributed by atoms with Crippen LogP contribution in [0.1, 0.15) is 31.4 Å². The monoisotopic (exact) mass is 665 g/mol. The van der Waals surface area contributed by atoms with Gasteiger partial charge in [-0.3, -0.25) is 28.0 Å². The van der Waals surface area contributed by atoms with Gasteiger partial charge in [0.1, 0.15) is 17.0 Å². The number of halogens is 2. The third-order valence-corrected chi connectivity index (χ3v) is 8.70. The summed E-state index contributed by atoms with van der Waals surface area (Å²) in [7, 11) is -2.04. The molecule has 4 aromatic rings. The van der Waals surface area contributed by atoms with Crippen LogP contribution in [0.3, 0.4) is 0 Å². The third kappa shape index (κ3) is 4.88. The zero-order valence-electron chi connectivity index (χ0n) is 21.3. The van der Waals surface area contributed by atoms with Crippen LogP contribution in [-0.2, 0) is 17.1 Å². The topological polar surface area (TPSA) is 124 Å². The second-order valence-corrected chi connectivity index (χ2v) is 12.6. The molecule has 13 heteroatoms. The number of hydrogen-bond donors (Lipinski definition) is 2. The van der Waals surface area contributed by atoms with E-state index >= 15 is 0 Å². The lowest BCUT2D eigenvalue weighted by Gasteiger charge is -2.20. The zero-order chi connectivity index (χ0) is 28.2. The van der Waals surface area contributed by atoms with Gasteiger partial charge in [0.2, 0.25) is 10.0 Å². The average molecular weight is 665 g/mol. The first-order valence-corrected chi connectivity index (χ1v) is 14.9. The summed E-state index contributed by atoms with van der Waals surface area (Å²) in [6, 6.07) is 10.3. The molecule has 1 fully saturated rings. The molecule has 0 bridgehead atoms. The molecule has 10 nitrogen and oxygen atoms in total. The van der Waals surface area contributed by atoms with Crippen LogP contribution in [-0.4, -0.2) is 27.9 Å². The van der Waals surface area contributed by atoms with Crippen LogP contribution in [0.25, 0.3) is 16.6 Å². The molecule has 0 radical (unpaired) electrons. The Morgan fingerprint density at radius 1 is 1.05 bits per heavy atom. The van der Waals surface area contributed by atoms with E-state index in [1.807, 2.05) is 22.6 Å². The molecule has 1 aliphatic rings. The van der Waals surface area contributed by atoms with Crippen molar-refractivity contribution in [1.29, 1.82) is 0 Å². The number of anilines is 3. The molecule has 0 atom stereocenters. The number of aromatic nitrogens is 3. The molecule has 2 aromatic heterocycles. The number of sulfonamides is 1. The van der Waals surface area contributed by atoms with Crippen molar-refractivity contribution in [2.45, 2.75) is 32.7 Å². The number of benzene rings is 2. The highest BCUT2D eigenvalue weighted by atomic mass is 127. The van der Waals surface area contributed by atoms with Gasteiger partial charge in [-0.2, -0.15) is 0 Å². The van der Waals surface area contributed by atoms with Crippen molar-refractivity contribution in [2.24, 2.45) is 7.05 Å². The number of aryl methyl sites for hydroxylation is 1. The molecule has 2 heterocycles. The van der Waals surface area contributed by atoms with Crippen molar-refractivity contribution in [3.63, 3.8) is 0 Å². The molecule has 204 valence electrons. The lowest BCUT2D eigenvalue weighted by molar-refractivity contribution is 0.602. The van der Waals surface area contributed by atoms with Gasteiger partial charge in [0, 0.05) is 27.9 Å². The van der Waals surface area contributed by atoms with Crippen molar-refractivity contribution in [2.75, 3.05) is 15.8 Å². The summed E-state index contributed by atoms with van der Waals surface area (Å²) in [4.78, 5) is 41.0. The smallest absolute Gasteiger partial charge is 0.336 e. The van der Waals surface area contributed by atoms with E-state index in [0.29, 0.717) is 27.8 Å². The standard InChI is InChI=1S/C26H25FIN5O5S/c1-4-39(37,38)30-16-6-8-17(9-7-16)32-22-14(2)24(34)31(3)23(29-20-12-5-15(28)13-19(20)27)21(22)25(35)33(26(32)36)18-10-11-18/h5-9,12-13,18,29-30H,4,10-11H2,1-3H3. The van der Waals surface area contributed by atoms with Gasteiger partial charge in [0.05, 0.1) is 22.6 Å². The molecular formula is C26H25FIN5O5S. The summed E-state index contributed by atoms with van der Waals surface area (Å²) in [6.45, 7) is 3.04. The van der Waals surface area contributed by atoms with Crippen LogP contribution < -0.4 is 26.8 Å².